The van der Waals surface area contributed by atoms with Crippen molar-refractivity contribution < 1.29 is 17.2 Å². The molecule has 5 rings (SSSR count). The van der Waals surface area contributed by atoms with Crippen LogP contribution in [0.25, 0.3) is 10.1 Å². The molecule has 3 aromatic carbocycles. The minimum Gasteiger partial charge on any atom is -0.353 e. The van der Waals surface area contributed by atoms with Gasteiger partial charge in [-0.15, -0.1) is 0 Å². The van der Waals surface area contributed by atoms with Gasteiger partial charge in [0.15, 0.2) is 0 Å². The molecule has 1 saturated heterocycles. The zero-order valence-corrected chi connectivity index (χ0v) is 20.5. The maximum atomic E-state index is 14.0. The second kappa shape index (κ2) is 9.88. The molecule has 0 amide bonds. The highest BCUT2D eigenvalue weighted by molar-refractivity contribution is 7.92. The van der Waals surface area contributed by atoms with Crippen LogP contribution in [0.15, 0.2) is 71.6 Å². The van der Waals surface area contributed by atoms with Gasteiger partial charge in [0.1, 0.15) is 22.3 Å². The molecule has 0 atom stereocenters. The number of anilines is 2. The number of hydrogen-bond donors (Lipinski definition) is 1. The molecule has 4 aromatic rings. The molecule has 0 radical (unpaired) electrons. The summed E-state index contributed by atoms with van der Waals surface area (Å²) in [6.07, 6.45) is 0.750. The van der Waals surface area contributed by atoms with Gasteiger partial charge >= 0.3 is 0 Å². The van der Waals surface area contributed by atoms with Crippen molar-refractivity contribution in [1.29, 1.82) is 0 Å². The Morgan fingerprint density at radius 2 is 1.74 bits per heavy atom. The summed E-state index contributed by atoms with van der Waals surface area (Å²) >= 11 is 1.53. The first-order chi connectivity index (χ1) is 16.9. The fraction of sp³-hybridized carbons (Fsp3) is 0.240. The summed E-state index contributed by atoms with van der Waals surface area (Å²) in [5.41, 5.74) is 1.31. The van der Waals surface area contributed by atoms with Gasteiger partial charge in [0.2, 0.25) is 0 Å². The van der Waals surface area contributed by atoms with Gasteiger partial charge in [0.05, 0.1) is 4.70 Å². The van der Waals surface area contributed by atoms with Gasteiger partial charge < -0.3 is 4.90 Å². The van der Waals surface area contributed by atoms with Crippen LogP contribution >= 0.6 is 11.5 Å². The van der Waals surface area contributed by atoms with Crippen LogP contribution in [0, 0.1) is 11.6 Å². The average molecular weight is 515 g/mol. The first-order valence-electron chi connectivity index (χ1n) is 11.3. The van der Waals surface area contributed by atoms with Crippen molar-refractivity contribution in [2.24, 2.45) is 0 Å². The summed E-state index contributed by atoms with van der Waals surface area (Å²) in [6.45, 7) is 4.48. The standard InChI is InChI=1S/C25H24F2N4O2S2/c26-19-8-9-24(22(27)17-19)35(32,33)29-20-5-3-4-18(16-20)10-11-30-12-14-31(15-13-30)25-21-6-1-2-7-23(21)34-28-25/h1-9,16-17,29H,10-15H2. The number of sulfonamides is 1. The summed E-state index contributed by atoms with van der Waals surface area (Å²) in [5.74, 6) is -0.898. The highest BCUT2D eigenvalue weighted by Crippen LogP contribution is 2.30. The van der Waals surface area contributed by atoms with E-state index in [1.54, 1.807) is 18.2 Å². The molecule has 1 aliphatic heterocycles. The topological polar surface area (TPSA) is 65.5 Å². The van der Waals surface area contributed by atoms with Crippen molar-refractivity contribution in [2.75, 3.05) is 42.3 Å². The van der Waals surface area contributed by atoms with Crippen molar-refractivity contribution in [3.63, 3.8) is 0 Å². The van der Waals surface area contributed by atoms with Gasteiger partial charge in [-0.2, -0.15) is 4.37 Å². The number of halogens is 2. The van der Waals surface area contributed by atoms with Crippen molar-refractivity contribution in [2.45, 2.75) is 11.3 Å². The van der Waals surface area contributed by atoms with E-state index in [4.69, 9.17) is 0 Å². The first kappa shape index (κ1) is 23.7. The van der Waals surface area contributed by atoms with Gasteiger partial charge in [0, 0.05) is 49.9 Å². The Balaban J connectivity index is 1.18. The number of piperazine rings is 1. The number of fused-ring (bicyclic) bond motifs is 1. The van der Waals surface area contributed by atoms with Gasteiger partial charge in [-0.25, -0.2) is 17.2 Å². The second-order valence-corrected chi connectivity index (χ2v) is 10.9. The summed E-state index contributed by atoms with van der Waals surface area (Å²) < 4.78 is 60.5. The lowest BCUT2D eigenvalue weighted by Gasteiger charge is -2.35. The van der Waals surface area contributed by atoms with E-state index in [-0.39, 0.29) is 0 Å². The number of nitrogens with one attached hydrogen (secondary N) is 1. The van der Waals surface area contributed by atoms with E-state index in [2.05, 4.69) is 31.0 Å². The van der Waals surface area contributed by atoms with Crippen LogP contribution < -0.4 is 9.62 Å². The smallest absolute Gasteiger partial charge is 0.264 e. The molecule has 0 bridgehead atoms. The number of nitrogens with zero attached hydrogens (tertiary/aromatic N) is 3. The van der Waals surface area contributed by atoms with Crippen LogP contribution in [-0.2, 0) is 16.4 Å². The molecule has 1 fully saturated rings. The molecule has 2 heterocycles. The summed E-state index contributed by atoms with van der Waals surface area (Å²) in [5, 5.41) is 1.20. The fourth-order valence-corrected chi connectivity index (χ4v) is 6.17. The van der Waals surface area contributed by atoms with E-state index < -0.39 is 26.6 Å². The lowest BCUT2D eigenvalue weighted by atomic mass is 10.1. The molecule has 0 aliphatic carbocycles. The monoisotopic (exact) mass is 514 g/mol. The Hall–Kier alpha value is -3.08. The van der Waals surface area contributed by atoms with Crippen LogP contribution in [-0.4, -0.2) is 50.4 Å². The molecular weight excluding hydrogens is 490 g/mol. The Kier molecular flexibility index (Phi) is 6.68. The van der Waals surface area contributed by atoms with Crippen molar-refractivity contribution in [3.05, 3.63) is 83.9 Å². The first-order valence-corrected chi connectivity index (χ1v) is 13.5. The SMILES string of the molecule is O=S(=O)(Nc1cccc(CCN2CCN(c3nsc4ccccc34)CC2)c1)c1ccc(F)cc1F. The molecule has 0 saturated carbocycles. The third kappa shape index (κ3) is 5.29. The molecule has 35 heavy (non-hydrogen) atoms. The molecule has 0 spiro atoms. The molecule has 6 nitrogen and oxygen atoms in total. The van der Waals surface area contributed by atoms with Crippen molar-refractivity contribution >= 4 is 43.1 Å². The Labute approximate surface area is 207 Å². The molecule has 182 valence electrons. The normalized spacial score (nSPS) is 15.0. The zero-order valence-electron chi connectivity index (χ0n) is 18.8. The van der Waals surface area contributed by atoms with Crippen LogP contribution in [0.4, 0.5) is 20.3 Å². The number of hydrogen-bond acceptors (Lipinski definition) is 6. The third-order valence-electron chi connectivity index (χ3n) is 6.11. The lowest BCUT2D eigenvalue weighted by Crippen LogP contribution is -2.47. The van der Waals surface area contributed by atoms with E-state index in [1.807, 2.05) is 18.2 Å². The summed E-state index contributed by atoms with van der Waals surface area (Å²) in [6, 6.07) is 17.7. The van der Waals surface area contributed by atoms with Crippen LogP contribution in [0.2, 0.25) is 0 Å². The lowest BCUT2D eigenvalue weighted by molar-refractivity contribution is 0.261. The molecule has 1 aromatic heterocycles. The molecular formula is C25H24F2N4O2S2. The Bertz CT molecular complexity index is 1450. The van der Waals surface area contributed by atoms with E-state index in [9.17, 15) is 17.2 Å². The highest BCUT2D eigenvalue weighted by atomic mass is 32.2. The van der Waals surface area contributed by atoms with E-state index in [0.29, 0.717) is 11.8 Å². The Morgan fingerprint density at radius 1 is 0.943 bits per heavy atom. The molecule has 0 unspecified atom stereocenters. The van der Waals surface area contributed by atoms with Gasteiger partial charge in [0.25, 0.3) is 10.0 Å². The van der Waals surface area contributed by atoms with E-state index in [1.165, 1.54) is 21.6 Å². The van der Waals surface area contributed by atoms with Crippen LogP contribution in [0.1, 0.15) is 5.56 Å². The van der Waals surface area contributed by atoms with Gasteiger partial charge in [-0.1, -0.05) is 24.3 Å². The average Bonchev–Trinajstić information content (AvgIpc) is 3.27. The van der Waals surface area contributed by atoms with E-state index >= 15 is 0 Å². The van der Waals surface area contributed by atoms with Gasteiger partial charge in [-0.3, -0.25) is 9.62 Å². The van der Waals surface area contributed by atoms with Gasteiger partial charge in [-0.05, 0) is 59.9 Å². The minimum atomic E-state index is -4.17. The fourth-order valence-electron chi connectivity index (χ4n) is 4.26. The Morgan fingerprint density at radius 3 is 2.54 bits per heavy atom. The van der Waals surface area contributed by atoms with Crippen molar-refractivity contribution in [1.82, 2.24) is 9.27 Å². The zero-order chi connectivity index (χ0) is 24.4. The molecule has 10 heteroatoms. The highest BCUT2D eigenvalue weighted by Gasteiger charge is 2.22. The molecule has 1 N–H and O–H groups in total. The quantitative estimate of drug-likeness (QED) is 0.386. The number of aromatic nitrogens is 1. The number of rotatable bonds is 7. The third-order valence-corrected chi connectivity index (χ3v) is 8.34. The minimum absolute atomic E-state index is 0.339. The van der Waals surface area contributed by atoms with Crippen molar-refractivity contribution in [3.8, 4) is 0 Å². The largest absolute Gasteiger partial charge is 0.353 e. The summed E-state index contributed by atoms with van der Waals surface area (Å²) in [7, 11) is -4.17. The maximum absolute atomic E-state index is 14.0. The van der Waals surface area contributed by atoms with Crippen LogP contribution in [0.5, 0.6) is 0 Å². The van der Waals surface area contributed by atoms with E-state index in [0.717, 1.165) is 62.7 Å². The summed E-state index contributed by atoms with van der Waals surface area (Å²) in [4.78, 5) is 4.13. The molecule has 1 aliphatic rings. The predicted octanol–water partition coefficient (Wildman–Crippen LogP) is 4.74. The second-order valence-electron chi connectivity index (χ2n) is 8.46. The predicted molar refractivity (Wildman–Crippen MR) is 136 cm³/mol. The number of benzene rings is 3. The van der Waals surface area contributed by atoms with Crippen LogP contribution in [0.3, 0.4) is 0 Å². The maximum Gasteiger partial charge on any atom is 0.264 e.